The van der Waals surface area contributed by atoms with Crippen LogP contribution in [0.2, 0.25) is 0 Å². The van der Waals surface area contributed by atoms with Crippen LogP contribution in [0, 0.1) is 11.7 Å². The van der Waals surface area contributed by atoms with Crippen LogP contribution in [0.1, 0.15) is 18.4 Å². The average Bonchev–Trinajstić information content (AvgIpc) is 2.42. The highest BCUT2D eigenvalue weighted by molar-refractivity contribution is 5.85. The Labute approximate surface area is 126 Å². The van der Waals surface area contributed by atoms with E-state index in [0.29, 0.717) is 5.75 Å². The molecule has 1 aromatic rings. The van der Waals surface area contributed by atoms with E-state index in [1.54, 1.807) is 12.1 Å². The van der Waals surface area contributed by atoms with Crippen molar-refractivity contribution in [3.63, 3.8) is 0 Å². The Balaban J connectivity index is 0.00000200. The van der Waals surface area contributed by atoms with E-state index in [2.05, 4.69) is 10.2 Å². The van der Waals surface area contributed by atoms with Crippen LogP contribution in [0.15, 0.2) is 18.2 Å². The third-order valence-electron chi connectivity index (χ3n) is 3.82. The fourth-order valence-electron chi connectivity index (χ4n) is 2.70. The molecule has 20 heavy (non-hydrogen) atoms. The van der Waals surface area contributed by atoms with E-state index in [0.717, 1.165) is 37.7 Å². The lowest BCUT2D eigenvalue weighted by Gasteiger charge is -2.31. The second-order valence-electron chi connectivity index (χ2n) is 5.25. The van der Waals surface area contributed by atoms with Crippen LogP contribution in [-0.4, -0.2) is 38.7 Å². The summed E-state index contributed by atoms with van der Waals surface area (Å²) in [4.78, 5) is 2.40. The third kappa shape index (κ3) is 4.62. The fourth-order valence-corrected chi connectivity index (χ4v) is 2.70. The highest BCUT2D eigenvalue weighted by Gasteiger charge is 2.18. The molecule has 2 rings (SSSR count). The summed E-state index contributed by atoms with van der Waals surface area (Å²) in [6.45, 7) is 4.12. The number of nitrogens with one attached hydrogen (secondary N) is 1. The van der Waals surface area contributed by atoms with E-state index in [-0.39, 0.29) is 18.2 Å². The zero-order chi connectivity index (χ0) is 13.7. The minimum absolute atomic E-state index is 0. The Morgan fingerprint density at radius 2 is 2.05 bits per heavy atom. The maximum atomic E-state index is 13.6. The summed E-state index contributed by atoms with van der Waals surface area (Å²) < 4.78 is 18.6. The molecule has 1 N–H and O–H groups in total. The molecule has 1 aromatic carbocycles. The van der Waals surface area contributed by atoms with Crippen molar-refractivity contribution in [3.8, 4) is 5.75 Å². The lowest BCUT2D eigenvalue weighted by atomic mass is 9.96. The molecule has 3 nitrogen and oxygen atoms in total. The first-order valence-corrected chi connectivity index (χ1v) is 6.92. The van der Waals surface area contributed by atoms with Crippen LogP contribution < -0.4 is 10.1 Å². The van der Waals surface area contributed by atoms with Crippen molar-refractivity contribution in [3.05, 3.63) is 29.6 Å². The van der Waals surface area contributed by atoms with Crippen LogP contribution in [0.5, 0.6) is 5.75 Å². The summed E-state index contributed by atoms with van der Waals surface area (Å²) >= 11 is 0. The van der Waals surface area contributed by atoms with Crippen LogP contribution >= 0.6 is 12.4 Å². The summed E-state index contributed by atoms with van der Waals surface area (Å²) in [7, 11) is 3.50. The number of hydrogen-bond acceptors (Lipinski definition) is 3. The van der Waals surface area contributed by atoms with Crippen molar-refractivity contribution in [2.24, 2.45) is 5.92 Å². The number of nitrogens with zero attached hydrogens (tertiary/aromatic N) is 1. The Morgan fingerprint density at radius 3 is 2.60 bits per heavy atom. The minimum atomic E-state index is -0.273. The monoisotopic (exact) mass is 302 g/mol. The maximum absolute atomic E-state index is 13.6. The van der Waals surface area contributed by atoms with Crippen molar-refractivity contribution in [1.82, 2.24) is 10.2 Å². The highest BCUT2D eigenvalue weighted by atomic mass is 35.5. The number of likely N-dealkylation sites (tertiary alicyclic amines) is 1. The second-order valence-corrected chi connectivity index (χ2v) is 5.25. The van der Waals surface area contributed by atoms with Crippen molar-refractivity contribution >= 4 is 12.4 Å². The van der Waals surface area contributed by atoms with E-state index >= 15 is 0 Å². The first-order chi connectivity index (χ1) is 9.22. The van der Waals surface area contributed by atoms with Crippen LogP contribution in [0.3, 0.4) is 0 Å². The summed E-state index contributed by atoms with van der Waals surface area (Å²) in [6.07, 6.45) is 2.44. The number of ether oxygens (including phenoxy) is 1. The first-order valence-electron chi connectivity index (χ1n) is 6.92. The molecule has 0 aliphatic carbocycles. The van der Waals surface area contributed by atoms with Gasteiger partial charge in [-0.1, -0.05) is 6.07 Å². The standard InChI is InChI=1S/C15H23FN2O.ClH/c1-17-10-12-5-7-18(8-6-12)11-13-3-4-15(19-2)14(16)9-13;/h3-4,9,12,17H,5-8,10-11H2,1-2H3;1H. The molecule has 1 heterocycles. The van der Waals surface area contributed by atoms with Gasteiger partial charge in [-0.15, -0.1) is 12.4 Å². The van der Waals surface area contributed by atoms with E-state index in [1.807, 2.05) is 13.1 Å². The average molecular weight is 303 g/mol. The molecule has 5 heteroatoms. The number of rotatable bonds is 5. The lowest BCUT2D eigenvalue weighted by molar-refractivity contribution is 0.176. The Bertz CT molecular complexity index is 409. The number of halogens is 2. The molecule has 0 atom stereocenters. The molecular weight excluding hydrogens is 279 g/mol. The molecule has 0 spiro atoms. The summed E-state index contributed by atoms with van der Waals surface area (Å²) in [5.74, 6) is 0.829. The van der Waals surface area contributed by atoms with Gasteiger partial charge in [0.1, 0.15) is 0 Å². The van der Waals surface area contributed by atoms with E-state index < -0.39 is 0 Å². The van der Waals surface area contributed by atoms with Gasteiger partial charge in [-0.2, -0.15) is 0 Å². The topological polar surface area (TPSA) is 24.5 Å². The van der Waals surface area contributed by atoms with Crippen molar-refractivity contribution in [1.29, 1.82) is 0 Å². The van der Waals surface area contributed by atoms with E-state index in [4.69, 9.17) is 4.74 Å². The Kier molecular flexibility index (Phi) is 7.27. The summed E-state index contributed by atoms with van der Waals surface area (Å²) in [5.41, 5.74) is 1.02. The maximum Gasteiger partial charge on any atom is 0.165 e. The molecule has 0 radical (unpaired) electrons. The molecule has 1 aliphatic heterocycles. The van der Waals surface area contributed by atoms with Crippen molar-refractivity contribution < 1.29 is 9.13 Å². The smallest absolute Gasteiger partial charge is 0.165 e. The van der Waals surface area contributed by atoms with E-state index in [9.17, 15) is 4.39 Å². The van der Waals surface area contributed by atoms with Crippen LogP contribution in [0.25, 0.3) is 0 Å². The normalized spacial score (nSPS) is 16.8. The molecule has 0 aromatic heterocycles. The fraction of sp³-hybridized carbons (Fsp3) is 0.600. The molecule has 1 fully saturated rings. The van der Waals surface area contributed by atoms with E-state index in [1.165, 1.54) is 20.0 Å². The largest absolute Gasteiger partial charge is 0.494 e. The number of benzene rings is 1. The molecule has 1 saturated heterocycles. The van der Waals surface area contributed by atoms with Gasteiger partial charge in [0.2, 0.25) is 0 Å². The van der Waals surface area contributed by atoms with Gasteiger partial charge in [0.25, 0.3) is 0 Å². The molecule has 0 saturated carbocycles. The third-order valence-corrected chi connectivity index (χ3v) is 3.82. The van der Waals surface area contributed by atoms with Gasteiger partial charge in [0.15, 0.2) is 11.6 Å². The quantitative estimate of drug-likeness (QED) is 0.905. The number of methoxy groups -OCH3 is 1. The zero-order valence-electron chi connectivity index (χ0n) is 12.2. The summed E-state index contributed by atoms with van der Waals surface area (Å²) in [6, 6.07) is 5.23. The molecule has 0 unspecified atom stereocenters. The molecule has 1 aliphatic rings. The minimum Gasteiger partial charge on any atom is -0.494 e. The molecular formula is C15H24ClFN2O. The summed E-state index contributed by atoms with van der Waals surface area (Å²) in [5, 5.41) is 3.24. The number of piperidine rings is 1. The van der Waals surface area contributed by atoms with Gasteiger partial charge in [0.05, 0.1) is 7.11 Å². The van der Waals surface area contributed by atoms with Gasteiger partial charge in [-0.25, -0.2) is 4.39 Å². The van der Waals surface area contributed by atoms with Gasteiger partial charge < -0.3 is 10.1 Å². The molecule has 114 valence electrons. The predicted octanol–water partition coefficient (Wildman–Crippen LogP) is 2.69. The predicted molar refractivity (Wildman–Crippen MR) is 82.1 cm³/mol. The SMILES string of the molecule is CNCC1CCN(Cc2ccc(OC)c(F)c2)CC1.Cl. The van der Waals surface area contributed by atoms with Gasteiger partial charge >= 0.3 is 0 Å². The second kappa shape index (κ2) is 8.45. The zero-order valence-corrected chi connectivity index (χ0v) is 13.0. The number of hydrogen-bond donors (Lipinski definition) is 1. The van der Waals surface area contributed by atoms with Crippen molar-refractivity contribution in [2.75, 3.05) is 33.8 Å². The van der Waals surface area contributed by atoms with Crippen LogP contribution in [0.4, 0.5) is 4.39 Å². The molecule has 0 amide bonds. The van der Waals surface area contributed by atoms with Gasteiger partial charge in [0, 0.05) is 6.54 Å². The van der Waals surface area contributed by atoms with Gasteiger partial charge in [-0.3, -0.25) is 4.90 Å². The van der Waals surface area contributed by atoms with Crippen LogP contribution in [-0.2, 0) is 6.54 Å². The first kappa shape index (κ1) is 17.2. The van der Waals surface area contributed by atoms with Gasteiger partial charge in [-0.05, 0) is 63.1 Å². The molecule has 0 bridgehead atoms. The van der Waals surface area contributed by atoms with Crippen molar-refractivity contribution in [2.45, 2.75) is 19.4 Å². The lowest BCUT2D eigenvalue weighted by Crippen LogP contribution is -2.36. The Hall–Kier alpha value is -0.840. The highest BCUT2D eigenvalue weighted by Crippen LogP contribution is 2.21. The Morgan fingerprint density at radius 1 is 1.35 bits per heavy atom.